The molecule has 0 bridgehead atoms. The number of aromatic nitrogens is 1. The highest BCUT2D eigenvalue weighted by atomic mass is 16.5. The molecule has 0 N–H and O–H groups in total. The monoisotopic (exact) mass is 326 g/mol. The number of esters is 1. The SMILES string of the molecule is Cn1cc(C(=O)OC2CCCN(Cc3ccccc3)C2)ccc1=O. The molecule has 0 amide bonds. The normalized spacial score (nSPS) is 18.3. The molecule has 5 nitrogen and oxygen atoms in total. The molecule has 1 aliphatic rings. The Balaban J connectivity index is 1.59. The smallest absolute Gasteiger partial charge is 0.339 e. The van der Waals surface area contributed by atoms with Gasteiger partial charge in [0.05, 0.1) is 5.56 Å². The summed E-state index contributed by atoms with van der Waals surface area (Å²) in [6, 6.07) is 13.2. The summed E-state index contributed by atoms with van der Waals surface area (Å²) in [5.74, 6) is -0.364. The fourth-order valence-electron chi connectivity index (χ4n) is 3.03. The molecule has 24 heavy (non-hydrogen) atoms. The van der Waals surface area contributed by atoms with E-state index in [9.17, 15) is 9.59 Å². The third kappa shape index (κ3) is 4.11. The van der Waals surface area contributed by atoms with Crippen LogP contribution >= 0.6 is 0 Å². The maximum absolute atomic E-state index is 12.3. The first-order valence-corrected chi connectivity index (χ1v) is 8.26. The summed E-state index contributed by atoms with van der Waals surface area (Å²) in [4.78, 5) is 26.0. The number of hydrogen-bond donors (Lipinski definition) is 0. The van der Waals surface area contributed by atoms with Gasteiger partial charge in [-0.05, 0) is 31.0 Å². The maximum Gasteiger partial charge on any atom is 0.339 e. The molecule has 1 aromatic heterocycles. The Labute approximate surface area is 141 Å². The predicted molar refractivity (Wildman–Crippen MR) is 91.8 cm³/mol. The third-order valence-corrected chi connectivity index (χ3v) is 4.31. The zero-order chi connectivity index (χ0) is 16.9. The number of nitrogens with zero attached hydrogens (tertiary/aromatic N) is 2. The van der Waals surface area contributed by atoms with Crippen LogP contribution in [0.25, 0.3) is 0 Å². The van der Waals surface area contributed by atoms with E-state index in [2.05, 4.69) is 17.0 Å². The molecule has 3 rings (SSSR count). The minimum absolute atomic E-state index is 0.104. The van der Waals surface area contributed by atoms with Crippen LogP contribution in [-0.4, -0.2) is 34.6 Å². The van der Waals surface area contributed by atoms with Crippen LogP contribution in [0.5, 0.6) is 0 Å². The molecule has 0 spiro atoms. The summed E-state index contributed by atoms with van der Waals surface area (Å²) in [6.45, 7) is 2.63. The van der Waals surface area contributed by atoms with Gasteiger partial charge in [-0.25, -0.2) is 4.79 Å². The second-order valence-corrected chi connectivity index (χ2v) is 6.26. The van der Waals surface area contributed by atoms with Crippen LogP contribution in [0.2, 0.25) is 0 Å². The molecule has 0 radical (unpaired) electrons. The standard InChI is InChI=1S/C19H22N2O3/c1-20-13-16(9-10-18(20)22)19(23)24-17-8-5-11-21(14-17)12-15-6-3-2-4-7-15/h2-4,6-7,9-10,13,17H,5,8,11-12,14H2,1H3. The van der Waals surface area contributed by atoms with Gasteiger partial charge in [0.15, 0.2) is 0 Å². The van der Waals surface area contributed by atoms with E-state index in [-0.39, 0.29) is 17.6 Å². The lowest BCUT2D eigenvalue weighted by Gasteiger charge is -2.32. The van der Waals surface area contributed by atoms with Gasteiger partial charge in [-0.3, -0.25) is 9.69 Å². The topological polar surface area (TPSA) is 51.5 Å². The van der Waals surface area contributed by atoms with Crippen molar-refractivity contribution in [3.05, 3.63) is 70.1 Å². The van der Waals surface area contributed by atoms with Gasteiger partial charge in [0, 0.05) is 32.4 Å². The molecule has 0 aliphatic carbocycles. The Bertz CT molecular complexity index is 755. The van der Waals surface area contributed by atoms with Gasteiger partial charge in [0.25, 0.3) is 0 Å². The first kappa shape index (κ1) is 16.5. The second-order valence-electron chi connectivity index (χ2n) is 6.26. The third-order valence-electron chi connectivity index (χ3n) is 4.31. The Morgan fingerprint density at radius 2 is 2.00 bits per heavy atom. The zero-order valence-electron chi connectivity index (χ0n) is 13.9. The predicted octanol–water partition coefficient (Wildman–Crippen LogP) is 2.21. The summed E-state index contributed by atoms with van der Waals surface area (Å²) < 4.78 is 7.03. The van der Waals surface area contributed by atoms with E-state index in [0.29, 0.717) is 5.56 Å². The first-order valence-electron chi connectivity index (χ1n) is 8.26. The van der Waals surface area contributed by atoms with E-state index in [1.54, 1.807) is 7.05 Å². The highest BCUT2D eigenvalue weighted by Gasteiger charge is 2.23. The van der Waals surface area contributed by atoms with E-state index >= 15 is 0 Å². The van der Waals surface area contributed by atoms with Crippen molar-refractivity contribution in [2.45, 2.75) is 25.5 Å². The number of aryl methyl sites for hydroxylation is 1. The molecule has 126 valence electrons. The van der Waals surface area contributed by atoms with Gasteiger partial charge in [-0.2, -0.15) is 0 Å². The first-order chi connectivity index (χ1) is 11.6. The van der Waals surface area contributed by atoms with Gasteiger partial charge in [0.2, 0.25) is 5.56 Å². The quantitative estimate of drug-likeness (QED) is 0.809. The minimum Gasteiger partial charge on any atom is -0.457 e. The zero-order valence-corrected chi connectivity index (χ0v) is 13.9. The van der Waals surface area contributed by atoms with Gasteiger partial charge in [-0.1, -0.05) is 30.3 Å². The molecule has 1 atom stereocenters. The minimum atomic E-state index is -0.364. The van der Waals surface area contributed by atoms with Crippen molar-refractivity contribution in [3.63, 3.8) is 0 Å². The number of hydrogen-bond acceptors (Lipinski definition) is 4. The number of carbonyl (C=O) groups is 1. The van der Waals surface area contributed by atoms with Gasteiger partial charge in [-0.15, -0.1) is 0 Å². The number of ether oxygens (including phenoxy) is 1. The second kappa shape index (κ2) is 7.45. The Hall–Kier alpha value is -2.40. The van der Waals surface area contributed by atoms with Gasteiger partial charge >= 0.3 is 5.97 Å². The van der Waals surface area contributed by atoms with Crippen LogP contribution in [0.1, 0.15) is 28.8 Å². The molecule has 1 aliphatic heterocycles. The summed E-state index contributed by atoms with van der Waals surface area (Å²) in [7, 11) is 1.63. The Kier molecular flexibility index (Phi) is 5.11. The van der Waals surface area contributed by atoms with Crippen molar-refractivity contribution < 1.29 is 9.53 Å². The highest BCUT2D eigenvalue weighted by molar-refractivity contribution is 5.89. The van der Waals surface area contributed by atoms with E-state index in [0.717, 1.165) is 32.5 Å². The van der Waals surface area contributed by atoms with Crippen molar-refractivity contribution in [3.8, 4) is 0 Å². The summed E-state index contributed by atoms with van der Waals surface area (Å²) in [5, 5.41) is 0. The van der Waals surface area contributed by atoms with Crippen LogP contribution < -0.4 is 5.56 Å². The number of pyridine rings is 1. The highest BCUT2D eigenvalue weighted by Crippen LogP contribution is 2.17. The molecule has 1 saturated heterocycles. The van der Waals surface area contributed by atoms with E-state index < -0.39 is 0 Å². The molecule has 1 unspecified atom stereocenters. The van der Waals surface area contributed by atoms with Crippen molar-refractivity contribution in [2.75, 3.05) is 13.1 Å². The van der Waals surface area contributed by atoms with Crippen molar-refractivity contribution in [1.29, 1.82) is 0 Å². The molecule has 1 fully saturated rings. The summed E-state index contributed by atoms with van der Waals surface area (Å²) >= 11 is 0. The van der Waals surface area contributed by atoms with Crippen molar-refractivity contribution in [2.24, 2.45) is 7.05 Å². The molecular formula is C19H22N2O3. The number of carbonyl (C=O) groups excluding carboxylic acids is 1. The van der Waals surface area contributed by atoms with Crippen LogP contribution in [-0.2, 0) is 18.3 Å². The van der Waals surface area contributed by atoms with Crippen LogP contribution in [0.3, 0.4) is 0 Å². The number of likely N-dealkylation sites (tertiary alicyclic amines) is 1. The lowest BCUT2D eigenvalue weighted by atomic mass is 10.1. The molecule has 2 heterocycles. The number of piperidine rings is 1. The summed E-state index contributed by atoms with van der Waals surface area (Å²) in [6.07, 6.45) is 3.31. The van der Waals surface area contributed by atoms with Crippen LogP contribution in [0, 0.1) is 0 Å². The Morgan fingerprint density at radius 3 is 2.75 bits per heavy atom. The average molecular weight is 326 g/mol. The van der Waals surface area contributed by atoms with Crippen LogP contribution in [0.15, 0.2) is 53.5 Å². The Morgan fingerprint density at radius 1 is 1.21 bits per heavy atom. The van der Waals surface area contributed by atoms with Crippen LogP contribution in [0.4, 0.5) is 0 Å². The lowest BCUT2D eigenvalue weighted by Crippen LogP contribution is -2.40. The van der Waals surface area contributed by atoms with E-state index in [1.807, 2.05) is 18.2 Å². The van der Waals surface area contributed by atoms with Crippen molar-refractivity contribution in [1.82, 2.24) is 9.47 Å². The largest absolute Gasteiger partial charge is 0.457 e. The molecule has 0 saturated carbocycles. The molecular weight excluding hydrogens is 304 g/mol. The van der Waals surface area contributed by atoms with E-state index in [1.165, 1.54) is 28.5 Å². The average Bonchev–Trinajstić information content (AvgIpc) is 2.58. The van der Waals surface area contributed by atoms with E-state index in [4.69, 9.17) is 4.74 Å². The summed E-state index contributed by atoms with van der Waals surface area (Å²) in [5.41, 5.74) is 1.54. The fraction of sp³-hybridized carbons (Fsp3) is 0.368. The maximum atomic E-state index is 12.3. The van der Waals surface area contributed by atoms with Crippen molar-refractivity contribution >= 4 is 5.97 Å². The number of rotatable bonds is 4. The molecule has 5 heteroatoms. The van der Waals surface area contributed by atoms with Gasteiger partial charge < -0.3 is 9.30 Å². The fourth-order valence-corrected chi connectivity index (χ4v) is 3.03. The number of benzene rings is 1. The molecule has 1 aromatic carbocycles. The molecule has 2 aromatic rings. The van der Waals surface area contributed by atoms with Gasteiger partial charge in [0.1, 0.15) is 6.10 Å². The lowest BCUT2D eigenvalue weighted by molar-refractivity contribution is 0.00553.